The van der Waals surface area contributed by atoms with Gasteiger partial charge in [-0.1, -0.05) is 0 Å². The van der Waals surface area contributed by atoms with Gasteiger partial charge in [-0.3, -0.25) is 4.79 Å². The highest BCUT2D eigenvalue weighted by Gasteiger charge is 2.28. The lowest BCUT2D eigenvalue weighted by molar-refractivity contribution is -0.120. The summed E-state index contributed by atoms with van der Waals surface area (Å²) in [5.41, 5.74) is 10.8. The Morgan fingerprint density at radius 2 is 2.50 bits per heavy atom. The minimum absolute atomic E-state index is 0.289. The topological polar surface area (TPSA) is 86.9 Å². The molecule has 5 heteroatoms. The lowest BCUT2D eigenvalue weighted by Crippen LogP contribution is -2.24. The van der Waals surface area contributed by atoms with Crippen molar-refractivity contribution < 1.29 is 4.79 Å². The van der Waals surface area contributed by atoms with Gasteiger partial charge in [-0.25, -0.2) is 4.98 Å². The fourth-order valence-electron chi connectivity index (χ4n) is 1.62. The van der Waals surface area contributed by atoms with Gasteiger partial charge in [0, 0.05) is 6.42 Å². The maximum absolute atomic E-state index is 10.9. The van der Waals surface area contributed by atoms with Crippen LogP contribution in [0.1, 0.15) is 18.3 Å². The maximum atomic E-state index is 10.9. The van der Waals surface area contributed by atoms with E-state index < -0.39 is 0 Å². The van der Waals surface area contributed by atoms with E-state index in [4.69, 9.17) is 11.5 Å². The first-order valence-electron chi connectivity index (χ1n) is 3.81. The second kappa shape index (κ2) is 2.23. The van der Waals surface area contributed by atoms with E-state index in [1.54, 1.807) is 10.8 Å². The number of hydrogen-bond donors (Lipinski definition) is 2. The second-order valence-corrected chi connectivity index (χ2v) is 2.93. The number of aryl methyl sites for hydroxylation is 1. The van der Waals surface area contributed by atoms with Gasteiger partial charge >= 0.3 is 0 Å². The largest absolute Gasteiger partial charge is 0.384 e. The van der Waals surface area contributed by atoms with Gasteiger partial charge in [0.15, 0.2) is 0 Å². The summed E-state index contributed by atoms with van der Waals surface area (Å²) in [5, 5.41) is 0. The molecule has 1 aromatic rings. The predicted octanol–water partition coefficient (Wildman–Crippen LogP) is -0.562. The van der Waals surface area contributed by atoms with Gasteiger partial charge in [0.2, 0.25) is 5.91 Å². The average Bonchev–Trinajstić information content (AvgIpc) is 2.53. The number of primary amides is 1. The Kier molecular flexibility index (Phi) is 1.33. The number of fused-ring (bicyclic) bond motifs is 1. The molecule has 1 aliphatic rings. The van der Waals surface area contributed by atoms with Crippen LogP contribution >= 0.6 is 0 Å². The molecule has 2 rings (SSSR count). The maximum Gasteiger partial charge on any atom is 0.240 e. The predicted molar refractivity (Wildman–Crippen MR) is 43.2 cm³/mol. The van der Waals surface area contributed by atoms with E-state index in [2.05, 4.69) is 4.98 Å². The van der Waals surface area contributed by atoms with E-state index in [1.165, 1.54) is 0 Å². The third-order valence-corrected chi connectivity index (χ3v) is 2.18. The van der Waals surface area contributed by atoms with Gasteiger partial charge in [0.25, 0.3) is 0 Å². The molecular weight excluding hydrogens is 156 g/mol. The summed E-state index contributed by atoms with van der Waals surface area (Å²) in [4.78, 5) is 15.0. The minimum Gasteiger partial charge on any atom is -0.384 e. The van der Waals surface area contributed by atoms with Crippen molar-refractivity contribution in [3.05, 3.63) is 12.0 Å². The molecule has 5 nitrogen and oxygen atoms in total. The Morgan fingerprint density at radius 1 is 1.75 bits per heavy atom. The van der Waals surface area contributed by atoms with Crippen molar-refractivity contribution in [2.24, 2.45) is 5.73 Å². The molecule has 4 N–H and O–H groups in total. The standard InChI is InChI=1S/C7H10N4O/c8-5-3-10-6-2-1-4(7(9)12)11(5)6/h3-4H,1-2,8H2,(H2,9,12). The summed E-state index contributed by atoms with van der Waals surface area (Å²) >= 11 is 0. The number of anilines is 1. The van der Waals surface area contributed by atoms with Gasteiger partial charge in [0.05, 0.1) is 6.20 Å². The van der Waals surface area contributed by atoms with Gasteiger partial charge in [-0.05, 0) is 6.42 Å². The molecule has 12 heavy (non-hydrogen) atoms. The van der Waals surface area contributed by atoms with Crippen molar-refractivity contribution in [1.29, 1.82) is 0 Å². The molecule has 1 aromatic heterocycles. The number of nitrogens with zero attached hydrogens (tertiary/aromatic N) is 2. The van der Waals surface area contributed by atoms with Crippen LogP contribution in [0.15, 0.2) is 6.20 Å². The smallest absolute Gasteiger partial charge is 0.240 e. The number of rotatable bonds is 1. The van der Waals surface area contributed by atoms with E-state index in [0.717, 1.165) is 18.7 Å². The average molecular weight is 166 g/mol. The number of carbonyl (C=O) groups is 1. The first-order chi connectivity index (χ1) is 5.70. The summed E-state index contributed by atoms with van der Waals surface area (Å²) in [5.74, 6) is 1.04. The van der Waals surface area contributed by atoms with Crippen molar-refractivity contribution >= 4 is 11.7 Å². The molecule has 0 fully saturated rings. The van der Waals surface area contributed by atoms with Crippen LogP contribution in [0.2, 0.25) is 0 Å². The van der Waals surface area contributed by atoms with E-state index >= 15 is 0 Å². The lowest BCUT2D eigenvalue weighted by atomic mass is 10.2. The molecule has 0 spiro atoms. The molecule has 1 aliphatic heterocycles. The summed E-state index contributed by atoms with van der Waals surface area (Å²) in [6, 6.07) is -0.289. The van der Waals surface area contributed by atoms with E-state index in [0.29, 0.717) is 5.82 Å². The van der Waals surface area contributed by atoms with Crippen LogP contribution < -0.4 is 11.5 Å². The van der Waals surface area contributed by atoms with Crippen LogP contribution in [0.5, 0.6) is 0 Å². The molecule has 2 heterocycles. The van der Waals surface area contributed by atoms with Crippen LogP contribution in [0.4, 0.5) is 5.82 Å². The zero-order chi connectivity index (χ0) is 8.72. The van der Waals surface area contributed by atoms with Crippen molar-refractivity contribution in [1.82, 2.24) is 9.55 Å². The number of carbonyl (C=O) groups excluding carboxylic acids is 1. The summed E-state index contributed by atoms with van der Waals surface area (Å²) < 4.78 is 1.71. The number of imidazole rings is 1. The monoisotopic (exact) mass is 166 g/mol. The summed E-state index contributed by atoms with van der Waals surface area (Å²) in [6.07, 6.45) is 3.07. The van der Waals surface area contributed by atoms with Gasteiger partial charge in [-0.15, -0.1) is 0 Å². The van der Waals surface area contributed by atoms with Crippen molar-refractivity contribution in [3.8, 4) is 0 Å². The van der Waals surface area contributed by atoms with Crippen LogP contribution in [-0.4, -0.2) is 15.5 Å². The van der Waals surface area contributed by atoms with Gasteiger partial charge in [-0.2, -0.15) is 0 Å². The Labute approximate surface area is 69.4 Å². The number of aromatic nitrogens is 2. The highest BCUT2D eigenvalue weighted by atomic mass is 16.1. The second-order valence-electron chi connectivity index (χ2n) is 2.93. The molecule has 0 saturated heterocycles. The van der Waals surface area contributed by atoms with Crippen molar-refractivity contribution in [3.63, 3.8) is 0 Å². The minimum atomic E-state index is -0.335. The summed E-state index contributed by atoms with van der Waals surface area (Å²) in [7, 11) is 0. The Bertz CT molecular complexity index is 330. The zero-order valence-electron chi connectivity index (χ0n) is 6.53. The number of hydrogen-bond acceptors (Lipinski definition) is 3. The Balaban J connectivity index is 2.46. The van der Waals surface area contributed by atoms with E-state index in [-0.39, 0.29) is 11.9 Å². The molecule has 0 aromatic carbocycles. The number of amides is 1. The lowest BCUT2D eigenvalue weighted by Gasteiger charge is -2.09. The molecule has 0 radical (unpaired) electrons. The Hall–Kier alpha value is -1.52. The third kappa shape index (κ3) is 0.792. The van der Waals surface area contributed by atoms with Crippen molar-refractivity contribution in [2.45, 2.75) is 18.9 Å². The van der Waals surface area contributed by atoms with Crippen LogP contribution in [0, 0.1) is 0 Å². The molecule has 1 unspecified atom stereocenters. The first kappa shape index (κ1) is 7.15. The normalized spacial score (nSPS) is 20.8. The quantitative estimate of drug-likeness (QED) is 0.586. The van der Waals surface area contributed by atoms with Gasteiger partial charge < -0.3 is 16.0 Å². The molecular formula is C7H10N4O. The molecule has 64 valence electrons. The van der Waals surface area contributed by atoms with E-state index in [1.807, 2.05) is 0 Å². The highest BCUT2D eigenvalue weighted by Crippen LogP contribution is 2.27. The molecule has 1 atom stereocenters. The summed E-state index contributed by atoms with van der Waals surface area (Å²) in [6.45, 7) is 0. The number of nitrogen functional groups attached to an aromatic ring is 1. The zero-order valence-corrected chi connectivity index (χ0v) is 6.53. The van der Waals surface area contributed by atoms with Crippen molar-refractivity contribution in [2.75, 3.05) is 5.73 Å². The molecule has 0 saturated carbocycles. The van der Waals surface area contributed by atoms with Crippen LogP contribution in [-0.2, 0) is 11.2 Å². The SMILES string of the molecule is NC(=O)C1CCc2ncc(N)n21. The molecule has 1 amide bonds. The molecule has 0 bridgehead atoms. The van der Waals surface area contributed by atoms with Gasteiger partial charge in [0.1, 0.15) is 17.7 Å². The fourth-order valence-corrected chi connectivity index (χ4v) is 1.62. The Morgan fingerprint density at radius 3 is 3.17 bits per heavy atom. The highest BCUT2D eigenvalue weighted by molar-refractivity contribution is 5.79. The number of nitrogens with two attached hydrogens (primary N) is 2. The van der Waals surface area contributed by atoms with E-state index in [9.17, 15) is 4.79 Å². The van der Waals surface area contributed by atoms with Crippen LogP contribution in [0.3, 0.4) is 0 Å². The third-order valence-electron chi connectivity index (χ3n) is 2.18. The fraction of sp³-hybridized carbons (Fsp3) is 0.429. The first-order valence-corrected chi connectivity index (χ1v) is 3.81. The molecule has 0 aliphatic carbocycles. The van der Waals surface area contributed by atoms with Crippen LogP contribution in [0.25, 0.3) is 0 Å².